The quantitative estimate of drug-likeness (QED) is 0.673. The maximum atomic E-state index is 5.61. The van der Waals surface area contributed by atoms with Gasteiger partial charge in [0.2, 0.25) is 0 Å². The highest BCUT2D eigenvalue weighted by Crippen LogP contribution is 2.13. The van der Waals surface area contributed by atoms with E-state index in [-0.39, 0.29) is 0 Å². The molecule has 4 N–H and O–H groups in total. The monoisotopic (exact) mass is 189 g/mol. The van der Waals surface area contributed by atoms with E-state index in [9.17, 15) is 0 Å². The number of pyridine rings is 1. The SMILES string of the molecule is Nc1[nH]ncc1NCc1ccncc1. The van der Waals surface area contributed by atoms with Crippen LogP contribution in [0.3, 0.4) is 0 Å². The Morgan fingerprint density at radius 2 is 2.14 bits per heavy atom. The van der Waals surface area contributed by atoms with Crippen molar-refractivity contribution < 1.29 is 0 Å². The van der Waals surface area contributed by atoms with Crippen molar-refractivity contribution in [1.29, 1.82) is 0 Å². The molecule has 2 rings (SSSR count). The Hall–Kier alpha value is -2.04. The predicted octanol–water partition coefficient (Wildman–Crippen LogP) is 0.999. The van der Waals surface area contributed by atoms with Gasteiger partial charge in [-0.15, -0.1) is 0 Å². The number of H-pyrrole nitrogens is 1. The van der Waals surface area contributed by atoms with Crippen LogP contribution in [0, 0.1) is 0 Å². The molecular formula is C9H11N5. The minimum atomic E-state index is 0.555. The maximum absolute atomic E-state index is 5.61. The van der Waals surface area contributed by atoms with Crippen molar-refractivity contribution in [1.82, 2.24) is 15.2 Å². The highest BCUT2D eigenvalue weighted by Gasteiger charge is 1.99. The van der Waals surface area contributed by atoms with Gasteiger partial charge in [0.05, 0.1) is 11.9 Å². The molecule has 0 atom stereocenters. The summed E-state index contributed by atoms with van der Waals surface area (Å²) >= 11 is 0. The molecule has 0 aliphatic carbocycles. The zero-order chi connectivity index (χ0) is 9.80. The Balaban J connectivity index is 1.99. The topological polar surface area (TPSA) is 79.6 Å². The second-order valence-electron chi connectivity index (χ2n) is 2.91. The lowest BCUT2D eigenvalue weighted by molar-refractivity contribution is 1.10. The van der Waals surface area contributed by atoms with Crippen molar-refractivity contribution in [3.05, 3.63) is 36.3 Å². The van der Waals surface area contributed by atoms with Gasteiger partial charge in [-0.05, 0) is 17.7 Å². The van der Waals surface area contributed by atoms with Crippen LogP contribution < -0.4 is 11.1 Å². The molecule has 14 heavy (non-hydrogen) atoms. The summed E-state index contributed by atoms with van der Waals surface area (Å²) in [7, 11) is 0. The lowest BCUT2D eigenvalue weighted by atomic mass is 10.3. The number of rotatable bonds is 3. The van der Waals surface area contributed by atoms with E-state index in [1.54, 1.807) is 18.6 Å². The van der Waals surface area contributed by atoms with Gasteiger partial charge in [-0.2, -0.15) is 5.10 Å². The third kappa shape index (κ3) is 1.82. The van der Waals surface area contributed by atoms with Crippen LogP contribution in [0.5, 0.6) is 0 Å². The van der Waals surface area contributed by atoms with Crippen LogP contribution >= 0.6 is 0 Å². The Kier molecular flexibility index (Phi) is 2.31. The summed E-state index contributed by atoms with van der Waals surface area (Å²) in [4.78, 5) is 3.94. The predicted molar refractivity (Wildman–Crippen MR) is 54.6 cm³/mol. The van der Waals surface area contributed by atoms with E-state index in [1.807, 2.05) is 12.1 Å². The molecule has 2 aromatic rings. The molecule has 0 aromatic carbocycles. The number of hydrogen-bond donors (Lipinski definition) is 3. The maximum Gasteiger partial charge on any atom is 0.142 e. The largest absolute Gasteiger partial charge is 0.382 e. The Morgan fingerprint density at radius 1 is 1.36 bits per heavy atom. The molecule has 0 radical (unpaired) electrons. The van der Waals surface area contributed by atoms with Crippen LogP contribution in [0.2, 0.25) is 0 Å². The molecule has 5 nitrogen and oxygen atoms in total. The first-order valence-electron chi connectivity index (χ1n) is 4.28. The number of aromatic nitrogens is 3. The molecule has 0 aliphatic rings. The summed E-state index contributed by atoms with van der Waals surface area (Å²) in [6.07, 6.45) is 5.18. The molecule has 0 amide bonds. The van der Waals surface area contributed by atoms with E-state index in [0.717, 1.165) is 11.3 Å². The Bertz CT molecular complexity index is 395. The summed E-state index contributed by atoms with van der Waals surface area (Å²) in [5, 5.41) is 9.63. The highest BCUT2D eigenvalue weighted by atomic mass is 15.2. The average molecular weight is 189 g/mol. The molecule has 0 fully saturated rings. The van der Waals surface area contributed by atoms with Gasteiger partial charge in [-0.25, -0.2) is 0 Å². The summed E-state index contributed by atoms with van der Waals surface area (Å²) in [6, 6.07) is 3.90. The van der Waals surface area contributed by atoms with Gasteiger partial charge in [0, 0.05) is 18.9 Å². The van der Waals surface area contributed by atoms with Crippen molar-refractivity contribution in [2.24, 2.45) is 0 Å². The fourth-order valence-electron chi connectivity index (χ4n) is 1.13. The van der Waals surface area contributed by atoms with E-state index in [4.69, 9.17) is 5.73 Å². The fourth-order valence-corrected chi connectivity index (χ4v) is 1.13. The molecule has 0 spiro atoms. The second-order valence-corrected chi connectivity index (χ2v) is 2.91. The molecule has 72 valence electrons. The van der Waals surface area contributed by atoms with Gasteiger partial charge in [0.25, 0.3) is 0 Å². The van der Waals surface area contributed by atoms with Crippen LogP contribution in [-0.2, 0) is 6.54 Å². The molecular weight excluding hydrogens is 178 g/mol. The van der Waals surface area contributed by atoms with Crippen LogP contribution in [0.25, 0.3) is 0 Å². The lowest BCUT2D eigenvalue weighted by Gasteiger charge is -2.03. The zero-order valence-electron chi connectivity index (χ0n) is 7.57. The van der Waals surface area contributed by atoms with Gasteiger partial charge in [0.15, 0.2) is 0 Å². The van der Waals surface area contributed by atoms with E-state index in [1.165, 1.54) is 0 Å². The van der Waals surface area contributed by atoms with E-state index >= 15 is 0 Å². The number of nitrogens with one attached hydrogen (secondary N) is 2. The summed E-state index contributed by atoms with van der Waals surface area (Å²) in [6.45, 7) is 0.715. The zero-order valence-corrected chi connectivity index (χ0v) is 7.57. The van der Waals surface area contributed by atoms with E-state index < -0.39 is 0 Å². The van der Waals surface area contributed by atoms with Crippen molar-refractivity contribution in [2.45, 2.75) is 6.54 Å². The van der Waals surface area contributed by atoms with Crippen LogP contribution in [0.1, 0.15) is 5.56 Å². The van der Waals surface area contributed by atoms with Gasteiger partial charge in [0.1, 0.15) is 5.82 Å². The first-order valence-corrected chi connectivity index (χ1v) is 4.28. The van der Waals surface area contributed by atoms with E-state index in [0.29, 0.717) is 12.4 Å². The lowest BCUT2D eigenvalue weighted by Crippen LogP contribution is -2.00. The van der Waals surface area contributed by atoms with Gasteiger partial charge in [-0.1, -0.05) is 0 Å². The molecule has 0 saturated heterocycles. The molecule has 2 aromatic heterocycles. The average Bonchev–Trinajstić information content (AvgIpc) is 2.63. The van der Waals surface area contributed by atoms with Crippen molar-refractivity contribution in [3.63, 3.8) is 0 Å². The minimum absolute atomic E-state index is 0.555. The summed E-state index contributed by atoms with van der Waals surface area (Å²) < 4.78 is 0. The summed E-state index contributed by atoms with van der Waals surface area (Å²) in [5.41, 5.74) is 7.59. The summed E-state index contributed by atoms with van der Waals surface area (Å²) in [5.74, 6) is 0.555. The van der Waals surface area contributed by atoms with Crippen LogP contribution in [0.4, 0.5) is 11.5 Å². The van der Waals surface area contributed by atoms with Crippen molar-refractivity contribution >= 4 is 11.5 Å². The van der Waals surface area contributed by atoms with Crippen molar-refractivity contribution in [2.75, 3.05) is 11.1 Å². The molecule has 0 aliphatic heterocycles. The Labute approximate surface area is 81.4 Å². The number of nitrogens with two attached hydrogens (primary N) is 1. The minimum Gasteiger partial charge on any atom is -0.382 e. The molecule has 0 unspecified atom stereocenters. The van der Waals surface area contributed by atoms with Gasteiger partial charge < -0.3 is 11.1 Å². The normalized spacial score (nSPS) is 10.0. The number of nitrogen functional groups attached to an aromatic ring is 1. The molecule has 0 bridgehead atoms. The van der Waals surface area contributed by atoms with Gasteiger partial charge >= 0.3 is 0 Å². The molecule has 5 heteroatoms. The smallest absolute Gasteiger partial charge is 0.142 e. The number of anilines is 2. The van der Waals surface area contributed by atoms with Crippen LogP contribution in [-0.4, -0.2) is 15.2 Å². The Morgan fingerprint density at radius 3 is 2.79 bits per heavy atom. The third-order valence-corrected chi connectivity index (χ3v) is 1.90. The standard InChI is InChI=1S/C9H11N5/c10-9-8(6-13-14-9)12-5-7-1-3-11-4-2-7/h1-4,6,12H,5H2,(H3,10,13,14). The first-order chi connectivity index (χ1) is 6.86. The second kappa shape index (κ2) is 3.78. The van der Waals surface area contributed by atoms with Crippen molar-refractivity contribution in [3.8, 4) is 0 Å². The third-order valence-electron chi connectivity index (χ3n) is 1.90. The first kappa shape index (κ1) is 8.55. The number of hydrogen-bond acceptors (Lipinski definition) is 4. The number of aromatic amines is 1. The van der Waals surface area contributed by atoms with Gasteiger partial charge in [-0.3, -0.25) is 10.1 Å². The fraction of sp³-hybridized carbons (Fsp3) is 0.111. The van der Waals surface area contributed by atoms with Crippen LogP contribution in [0.15, 0.2) is 30.7 Å². The van der Waals surface area contributed by atoms with E-state index in [2.05, 4.69) is 20.5 Å². The molecule has 0 saturated carbocycles. The number of nitrogens with zero attached hydrogens (tertiary/aromatic N) is 2. The highest BCUT2D eigenvalue weighted by molar-refractivity contribution is 5.59. The molecule has 2 heterocycles.